The highest BCUT2D eigenvalue weighted by molar-refractivity contribution is 7.13. The molecule has 19 heavy (non-hydrogen) atoms. The number of hydrogen-bond donors (Lipinski definition) is 1. The van der Waals surface area contributed by atoms with Crippen LogP contribution < -0.4 is 5.73 Å². The van der Waals surface area contributed by atoms with E-state index in [9.17, 15) is 0 Å². The van der Waals surface area contributed by atoms with Crippen LogP contribution in [0.3, 0.4) is 0 Å². The predicted octanol–water partition coefficient (Wildman–Crippen LogP) is 3.25. The maximum Gasteiger partial charge on any atom is 0.150 e. The Hall–Kier alpha value is -1.65. The Morgan fingerprint density at radius 1 is 1.32 bits per heavy atom. The van der Waals surface area contributed by atoms with Gasteiger partial charge in [0.05, 0.1) is 15.9 Å². The van der Waals surface area contributed by atoms with Crippen LogP contribution in [0, 0.1) is 0 Å². The van der Waals surface area contributed by atoms with Gasteiger partial charge in [0.2, 0.25) is 0 Å². The maximum absolute atomic E-state index is 6.28. The number of rotatable bonds is 2. The SMILES string of the molecule is Cn1c(-c2cccs2)nc2ccc(C3(N)CC3)cc21. The minimum Gasteiger partial charge on any atom is -0.326 e. The minimum atomic E-state index is -0.0818. The standard InChI is InChI=1S/C15H15N3S/c1-18-12-9-10(15(16)6-7-15)4-5-11(12)17-14(18)13-3-2-8-19-13/h2-5,8-9H,6-7,16H2,1H3. The van der Waals surface area contributed by atoms with E-state index < -0.39 is 0 Å². The van der Waals surface area contributed by atoms with Crippen molar-refractivity contribution >= 4 is 22.4 Å². The summed E-state index contributed by atoms with van der Waals surface area (Å²) in [7, 11) is 2.07. The summed E-state index contributed by atoms with van der Waals surface area (Å²) in [6.07, 6.45) is 2.18. The number of thiophene rings is 1. The lowest BCUT2D eigenvalue weighted by Crippen LogP contribution is -2.18. The summed E-state index contributed by atoms with van der Waals surface area (Å²) in [5.41, 5.74) is 9.64. The van der Waals surface area contributed by atoms with Crippen LogP contribution in [0.4, 0.5) is 0 Å². The molecule has 1 fully saturated rings. The summed E-state index contributed by atoms with van der Waals surface area (Å²) in [6.45, 7) is 0. The molecule has 0 atom stereocenters. The van der Waals surface area contributed by atoms with E-state index in [1.807, 2.05) is 0 Å². The number of aromatic nitrogens is 2. The van der Waals surface area contributed by atoms with Crippen LogP contribution in [0.25, 0.3) is 21.7 Å². The van der Waals surface area contributed by atoms with Gasteiger partial charge in [-0.1, -0.05) is 12.1 Å². The van der Waals surface area contributed by atoms with E-state index in [-0.39, 0.29) is 5.54 Å². The van der Waals surface area contributed by atoms with Crippen molar-refractivity contribution in [3.63, 3.8) is 0 Å². The van der Waals surface area contributed by atoms with Crippen molar-refractivity contribution in [3.05, 3.63) is 41.3 Å². The van der Waals surface area contributed by atoms with Crippen molar-refractivity contribution in [1.29, 1.82) is 0 Å². The second kappa shape index (κ2) is 3.68. The molecule has 2 heterocycles. The highest BCUT2D eigenvalue weighted by Crippen LogP contribution is 2.43. The molecule has 4 rings (SSSR count). The molecule has 0 spiro atoms. The Kier molecular flexibility index (Phi) is 2.17. The molecule has 0 saturated heterocycles. The van der Waals surface area contributed by atoms with Gasteiger partial charge < -0.3 is 10.3 Å². The molecule has 0 amide bonds. The van der Waals surface area contributed by atoms with Crippen LogP contribution >= 0.6 is 11.3 Å². The Bertz CT molecular complexity index is 751. The average molecular weight is 269 g/mol. The third kappa shape index (κ3) is 1.64. The Labute approximate surface area is 115 Å². The number of hydrogen-bond acceptors (Lipinski definition) is 3. The van der Waals surface area contributed by atoms with Crippen molar-refractivity contribution in [2.24, 2.45) is 12.8 Å². The number of nitrogens with two attached hydrogens (primary N) is 1. The van der Waals surface area contributed by atoms with E-state index in [0.29, 0.717) is 0 Å². The zero-order valence-electron chi connectivity index (χ0n) is 10.8. The molecule has 0 unspecified atom stereocenters. The van der Waals surface area contributed by atoms with Crippen molar-refractivity contribution in [2.75, 3.05) is 0 Å². The number of imidazole rings is 1. The monoisotopic (exact) mass is 269 g/mol. The molecule has 96 valence electrons. The summed E-state index contributed by atoms with van der Waals surface area (Å²) >= 11 is 1.72. The van der Waals surface area contributed by atoms with Gasteiger partial charge in [0.15, 0.2) is 5.82 Å². The van der Waals surface area contributed by atoms with E-state index in [1.54, 1.807) is 11.3 Å². The fourth-order valence-corrected chi connectivity index (χ4v) is 3.30. The van der Waals surface area contributed by atoms with Gasteiger partial charge in [-0.15, -0.1) is 11.3 Å². The smallest absolute Gasteiger partial charge is 0.150 e. The van der Waals surface area contributed by atoms with Crippen LogP contribution in [-0.4, -0.2) is 9.55 Å². The number of aryl methyl sites for hydroxylation is 1. The van der Waals surface area contributed by atoms with Gasteiger partial charge in [0, 0.05) is 12.6 Å². The summed E-state index contributed by atoms with van der Waals surface area (Å²) in [5.74, 6) is 1.03. The first-order valence-corrected chi connectivity index (χ1v) is 7.35. The Morgan fingerprint density at radius 3 is 2.84 bits per heavy atom. The first-order chi connectivity index (χ1) is 9.17. The van der Waals surface area contributed by atoms with Crippen LogP contribution in [0.15, 0.2) is 35.7 Å². The van der Waals surface area contributed by atoms with E-state index in [1.165, 1.54) is 10.4 Å². The first-order valence-electron chi connectivity index (χ1n) is 6.47. The van der Waals surface area contributed by atoms with Gasteiger partial charge in [0.1, 0.15) is 0 Å². The fraction of sp³-hybridized carbons (Fsp3) is 0.267. The normalized spacial score (nSPS) is 16.9. The lowest BCUT2D eigenvalue weighted by Gasteiger charge is -2.09. The molecular weight excluding hydrogens is 254 g/mol. The van der Waals surface area contributed by atoms with Gasteiger partial charge in [0.25, 0.3) is 0 Å². The Morgan fingerprint density at radius 2 is 2.16 bits per heavy atom. The molecule has 4 heteroatoms. The summed E-state index contributed by atoms with van der Waals surface area (Å²) in [4.78, 5) is 5.93. The lowest BCUT2D eigenvalue weighted by molar-refractivity contribution is 0.740. The zero-order valence-corrected chi connectivity index (χ0v) is 11.6. The Balaban J connectivity index is 1.92. The molecule has 1 aromatic carbocycles. The molecule has 0 radical (unpaired) electrons. The molecule has 0 aliphatic heterocycles. The summed E-state index contributed by atoms with van der Waals surface area (Å²) < 4.78 is 2.16. The largest absolute Gasteiger partial charge is 0.326 e. The van der Waals surface area contributed by atoms with E-state index >= 15 is 0 Å². The van der Waals surface area contributed by atoms with Crippen molar-refractivity contribution in [2.45, 2.75) is 18.4 Å². The van der Waals surface area contributed by atoms with E-state index in [0.717, 1.165) is 29.7 Å². The predicted molar refractivity (Wildman–Crippen MR) is 79.1 cm³/mol. The molecule has 1 aliphatic carbocycles. The minimum absolute atomic E-state index is 0.0818. The maximum atomic E-state index is 6.28. The van der Waals surface area contributed by atoms with Gasteiger partial charge in [-0.2, -0.15) is 0 Å². The molecule has 2 aromatic heterocycles. The van der Waals surface area contributed by atoms with E-state index in [2.05, 4.69) is 47.3 Å². The van der Waals surface area contributed by atoms with Gasteiger partial charge in [-0.25, -0.2) is 4.98 Å². The third-order valence-electron chi connectivity index (χ3n) is 3.99. The number of nitrogens with zero attached hydrogens (tertiary/aromatic N) is 2. The molecular formula is C15H15N3S. The van der Waals surface area contributed by atoms with E-state index in [4.69, 9.17) is 10.7 Å². The molecule has 2 N–H and O–H groups in total. The van der Waals surface area contributed by atoms with Crippen molar-refractivity contribution in [1.82, 2.24) is 9.55 Å². The first kappa shape index (κ1) is 11.2. The van der Waals surface area contributed by atoms with Crippen molar-refractivity contribution in [3.8, 4) is 10.7 Å². The van der Waals surface area contributed by atoms with Gasteiger partial charge in [-0.3, -0.25) is 0 Å². The molecule has 1 aliphatic rings. The highest BCUT2D eigenvalue weighted by Gasteiger charge is 2.40. The zero-order chi connectivity index (χ0) is 13.0. The summed E-state index contributed by atoms with van der Waals surface area (Å²) in [6, 6.07) is 10.6. The number of benzene rings is 1. The summed E-state index contributed by atoms with van der Waals surface area (Å²) in [5, 5.41) is 2.08. The number of fused-ring (bicyclic) bond motifs is 1. The van der Waals surface area contributed by atoms with Crippen LogP contribution in [-0.2, 0) is 12.6 Å². The topological polar surface area (TPSA) is 43.8 Å². The highest BCUT2D eigenvalue weighted by atomic mass is 32.1. The van der Waals surface area contributed by atoms with Gasteiger partial charge in [-0.05, 0) is 42.0 Å². The third-order valence-corrected chi connectivity index (χ3v) is 4.85. The van der Waals surface area contributed by atoms with Crippen LogP contribution in [0.2, 0.25) is 0 Å². The van der Waals surface area contributed by atoms with Crippen LogP contribution in [0.5, 0.6) is 0 Å². The second-order valence-electron chi connectivity index (χ2n) is 5.33. The lowest BCUT2D eigenvalue weighted by atomic mass is 10.1. The molecule has 0 bridgehead atoms. The van der Waals surface area contributed by atoms with Crippen LogP contribution in [0.1, 0.15) is 18.4 Å². The molecule has 1 saturated carbocycles. The van der Waals surface area contributed by atoms with Crippen molar-refractivity contribution < 1.29 is 0 Å². The molecule has 3 nitrogen and oxygen atoms in total. The second-order valence-corrected chi connectivity index (χ2v) is 6.28. The average Bonchev–Trinajstić information content (AvgIpc) is 2.88. The fourth-order valence-electron chi connectivity index (χ4n) is 2.55. The van der Waals surface area contributed by atoms with Gasteiger partial charge >= 0.3 is 0 Å². The molecule has 3 aromatic rings. The quantitative estimate of drug-likeness (QED) is 0.776.